The maximum absolute atomic E-state index is 12.1. The zero-order valence-electron chi connectivity index (χ0n) is 18.0. The molecule has 0 aliphatic heterocycles. The second-order valence-electron chi connectivity index (χ2n) is 5.92. The van der Waals surface area contributed by atoms with Gasteiger partial charge in [0, 0.05) is 35.5 Å². The van der Waals surface area contributed by atoms with E-state index in [9.17, 15) is 9.00 Å². The predicted molar refractivity (Wildman–Crippen MR) is 112 cm³/mol. The molecule has 0 aliphatic carbocycles. The molecular weight excluding hydrogens is 334 g/mol. The zero-order valence-corrected chi connectivity index (χ0v) is 18.8. The Labute approximate surface area is 160 Å². The summed E-state index contributed by atoms with van der Waals surface area (Å²) in [5, 5.41) is 11.9. The molecule has 0 bridgehead atoms. The average molecular weight is 380 g/mol. The van der Waals surface area contributed by atoms with Crippen molar-refractivity contribution in [2.45, 2.75) is 93.4 Å². The van der Waals surface area contributed by atoms with E-state index in [1.165, 1.54) is 19.3 Å². The molecule has 0 saturated carbocycles. The van der Waals surface area contributed by atoms with Gasteiger partial charge in [-0.15, -0.1) is 0 Å². The predicted octanol–water partition coefficient (Wildman–Crippen LogP) is 4.67. The third-order valence-electron chi connectivity index (χ3n) is 4.18. The second-order valence-corrected chi connectivity index (χ2v) is 7.61. The van der Waals surface area contributed by atoms with Crippen LogP contribution in [0.1, 0.15) is 93.4 Å². The van der Waals surface area contributed by atoms with Crippen molar-refractivity contribution in [1.29, 1.82) is 0 Å². The molecule has 0 aliphatic rings. The van der Waals surface area contributed by atoms with Crippen LogP contribution in [0.4, 0.5) is 0 Å². The van der Waals surface area contributed by atoms with E-state index in [0.717, 1.165) is 6.42 Å². The molecular formula is C20H45NO3S. The van der Waals surface area contributed by atoms with Crippen LogP contribution >= 0.6 is 0 Å². The van der Waals surface area contributed by atoms with Crippen LogP contribution in [0.2, 0.25) is 0 Å². The minimum Gasteiger partial charge on any atom is -0.396 e. The van der Waals surface area contributed by atoms with Crippen molar-refractivity contribution in [2.75, 3.05) is 24.7 Å². The summed E-state index contributed by atoms with van der Waals surface area (Å²) in [6.07, 6.45) is 6.90. The molecule has 0 heterocycles. The molecule has 2 N–H and O–H groups in total. The molecule has 4 nitrogen and oxygen atoms in total. The van der Waals surface area contributed by atoms with Gasteiger partial charge < -0.3 is 10.4 Å². The maximum Gasteiger partial charge on any atom is 0.226 e. The van der Waals surface area contributed by atoms with Crippen molar-refractivity contribution in [3.05, 3.63) is 0 Å². The smallest absolute Gasteiger partial charge is 0.226 e. The summed E-state index contributed by atoms with van der Waals surface area (Å²) in [7, 11) is -0.835. The van der Waals surface area contributed by atoms with Gasteiger partial charge in [-0.2, -0.15) is 0 Å². The Morgan fingerprint density at radius 1 is 0.960 bits per heavy atom. The Bertz CT molecular complexity index is 303. The van der Waals surface area contributed by atoms with Crippen LogP contribution in [-0.4, -0.2) is 39.9 Å². The minimum absolute atomic E-state index is 0.0185. The Morgan fingerprint density at radius 2 is 1.48 bits per heavy atom. The number of aliphatic hydroxyl groups excluding tert-OH is 1. The number of carbonyl (C=O) groups excluding carboxylic acids is 1. The summed E-state index contributed by atoms with van der Waals surface area (Å²) in [6, 6.07) is 0. The molecule has 0 aromatic rings. The summed E-state index contributed by atoms with van der Waals surface area (Å²) < 4.78 is 11.5. The quantitative estimate of drug-likeness (QED) is 0.518. The number of rotatable bonds is 12. The standard InChI is InChI=1S/C13H27NO3S.C5H12.C2H6/c1-4-10-18(17)11-8-14-12(16)13(5-2,6-3)7-9-15;1-3-5-4-2;1-2/h15H,4-11H2,1-3H3,(H,14,16);3-5H2,1-2H3;1-2H3. The lowest BCUT2D eigenvalue weighted by atomic mass is 9.78. The highest BCUT2D eigenvalue weighted by atomic mass is 32.2. The number of carbonyl (C=O) groups is 1. The molecule has 1 atom stereocenters. The monoisotopic (exact) mass is 379 g/mol. The van der Waals surface area contributed by atoms with Crippen LogP contribution < -0.4 is 5.32 Å². The minimum atomic E-state index is -0.835. The fraction of sp³-hybridized carbons (Fsp3) is 0.950. The first-order chi connectivity index (χ1) is 12.0. The lowest BCUT2D eigenvalue weighted by Gasteiger charge is -2.29. The molecule has 0 saturated heterocycles. The topological polar surface area (TPSA) is 66.4 Å². The Hall–Kier alpha value is -0.420. The summed E-state index contributed by atoms with van der Waals surface area (Å²) in [5.74, 6) is 1.19. The summed E-state index contributed by atoms with van der Waals surface area (Å²) in [5.41, 5.74) is -0.471. The highest BCUT2D eigenvalue weighted by Gasteiger charge is 2.33. The van der Waals surface area contributed by atoms with Gasteiger partial charge in [0.15, 0.2) is 0 Å². The highest BCUT2D eigenvalue weighted by Crippen LogP contribution is 2.30. The number of aliphatic hydroxyl groups is 1. The molecule has 1 unspecified atom stereocenters. The molecule has 25 heavy (non-hydrogen) atoms. The van der Waals surface area contributed by atoms with E-state index in [1.807, 2.05) is 34.6 Å². The van der Waals surface area contributed by atoms with Crippen molar-refractivity contribution in [3.63, 3.8) is 0 Å². The number of unbranched alkanes of at least 4 members (excludes halogenated alkanes) is 2. The van der Waals surface area contributed by atoms with Gasteiger partial charge in [0.25, 0.3) is 0 Å². The van der Waals surface area contributed by atoms with Crippen molar-refractivity contribution < 1.29 is 14.1 Å². The van der Waals surface area contributed by atoms with Gasteiger partial charge in [-0.05, 0) is 25.7 Å². The lowest BCUT2D eigenvalue weighted by molar-refractivity contribution is -0.132. The molecule has 0 radical (unpaired) electrons. The molecule has 5 heteroatoms. The van der Waals surface area contributed by atoms with E-state index < -0.39 is 16.2 Å². The van der Waals surface area contributed by atoms with Gasteiger partial charge in [-0.3, -0.25) is 9.00 Å². The number of hydrogen-bond acceptors (Lipinski definition) is 3. The molecule has 0 spiro atoms. The molecule has 0 aromatic carbocycles. The van der Waals surface area contributed by atoms with Gasteiger partial charge in [-0.25, -0.2) is 0 Å². The number of nitrogens with one attached hydrogen (secondary N) is 1. The van der Waals surface area contributed by atoms with E-state index in [2.05, 4.69) is 19.2 Å². The van der Waals surface area contributed by atoms with Crippen molar-refractivity contribution in [2.24, 2.45) is 5.41 Å². The molecule has 0 rings (SSSR count). The van der Waals surface area contributed by atoms with Crippen molar-refractivity contribution in [3.8, 4) is 0 Å². The van der Waals surface area contributed by atoms with Crippen LogP contribution in [0.25, 0.3) is 0 Å². The SMILES string of the molecule is CC.CCCCC.CCCS(=O)CCNC(=O)C(CC)(CC)CCO. The summed E-state index contributed by atoms with van der Waals surface area (Å²) in [6.45, 7) is 14.8. The summed E-state index contributed by atoms with van der Waals surface area (Å²) in [4.78, 5) is 12.1. The number of amides is 1. The molecule has 0 fully saturated rings. The van der Waals surface area contributed by atoms with Gasteiger partial charge in [-0.1, -0.05) is 67.7 Å². The van der Waals surface area contributed by atoms with E-state index in [1.54, 1.807) is 0 Å². The van der Waals surface area contributed by atoms with Crippen LogP contribution in [0, 0.1) is 5.41 Å². The third-order valence-corrected chi connectivity index (χ3v) is 5.70. The van der Waals surface area contributed by atoms with E-state index in [4.69, 9.17) is 5.11 Å². The van der Waals surface area contributed by atoms with Crippen LogP contribution in [0.5, 0.6) is 0 Å². The largest absolute Gasteiger partial charge is 0.396 e. The van der Waals surface area contributed by atoms with E-state index in [-0.39, 0.29) is 12.5 Å². The third kappa shape index (κ3) is 15.5. The highest BCUT2D eigenvalue weighted by molar-refractivity contribution is 7.84. The molecule has 0 aromatic heterocycles. The Morgan fingerprint density at radius 3 is 1.80 bits per heavy atom. The second kappa shape index (κ2) is 21.6. The average Bonchev–Trinajstić information content (AvgIpc) is 2.63. The van der Waals surface area contributed by atoms with Gasteiger partial charge >= 0.3 is 0 Å². The Kier molecular flexibility index (Phi) is 25.4. The zero-order chi connectivity index (χ0) is 20.1. The van der Waals surface area contributed by atoms with Crippen LogP contribution in [-0.2, 0) is 15.6 Å². The molecule has 154 valence electrons. The maximum atomic E-state index is 12.1. The van der Waals surface area contributed by atoms with Crippen molar-refractivity contribution in [1.82, 2.24) is 5.32 Å². The molecule has 1 amide bonds. The first kappa shape index (κ1) is 29.3. The van der Waals surface area contributed by atoms with Crippen LogP contribution in [0.3, 0.4) is 0 Å². The lowest BCUT2D eigenvalue weighted by Crippen LogP contribution is -2.42. The van der Waals surface area contributed by atoms with Gasteiger partial charge in [0.05, 0.1) is 5.41 Å². The fourth-order valence-electron chi connectivity index (χ4n) is 2.40. The van der Waals surface area contributed by atoms with Gasteiger partial charge in [0.2, 0.25) is 5.91 Å². The number of hydrogen-bond donors (Lipinski definition) is 2. The van der Waals surface area contributed by atoms with Crippen LogP contribution in [0.15, 0.2) is 0 Å². The first-order valence-corrected chi connectivity index (χ1v) is 11.7. The van der Waals surface area contributed by atoms with E-state index >= 15 is 0 Å². The normalized spacial score (nSPS) is 11.5. The van der Waals surface area contributed by atoms with E-state index in [0.29, 0.717) is 37.3 Å². The Balaban J connectivity index is -0.000000588. The fourth-order valence-corrected chi connectivity index (χ4v) is 3.39. The summed E-state index contributed by atoms with van der Waals surface area (Å²) >= 11 is 0. The van der Waals surface area contributed by atoms with Crippen molar-refractivity contribution >= 4 is 16.7 Å². The van der Waals surface area contributed by atoms with Gasteiger partial charge in [0.1, 0.15) is 0 Å². The first-order valence-electron chi connectivity index (χ1n) is 10.2.